The number of oxazole rings is 1. The summed E-state index contributed by atoms with van der Waals surface area (Å²) in [6.07, 6.45) is 1.95. The van der Waals surface area contributed by atoms with Gasteiger partial charge in [0, 0.05) is 12.5 Å². The number of nitrogens with two attached hydrogens (primary N) is 1. The SMILES string of the molecule is NC(=O)c1ccccc1NC(=O)CN1CCC[C@H](c2nc3ccccc3o2)C1. The van der Waals surface area contributed by atoms with Gasteiger partial charge in [0.25, 0.3) is 5.91 Å². The van der Waals surface area contributed by atoms with Crippen LogP contribution in [-0.2, 0) is 4.79 Å². The third-order valence-corrected chi connectivity index (χ3v) is 5.00. The lowest BCUT2D eigenvalue weighted by molar-refractivity contribution is -0.117. The molecule has 0 saturated carbocycles. The Hall–Kier alpha value is -3.19. The molecule has 28 heavy (non-hydrogen) atoms. The Morgan fingerprint density at radius 3 is 2.79 bits per heavy atom. The van der Waals surface area contributed by atoms with E-state index in [4.69, 9.17) is 10.2 Å². The molecule has 2 aromatic carbocycles. The number of hydrogen-bond acceptors (Lipinski definition) is 5. The second kappa shape index (κ2) is 7.82. The van der Waals surface area contributed by atoms with Crippen LogP contribution in [0, 0.1) is 0 Å². The van der Waals surface area contributed by atoms with Crippen LogP contribution >= 0.6 is 0 Å². The molecule has 1 saturated heterocycles. The number of anilines is 1. The number of aromatic nitrogens is 1. The Morgan fingerprint density at radius 2 is 1.96 bits per heavy atom. The smallest absolute Gasteiger partial charge is 0.250 e. The van der Waals surface area contributed by atoms with Gasteiger partial charge in [-0.15, -0.1) is 0 Å². The number of likely N-dealkylation sites (tertiary alicyclic amines) is 1. The van der Waals surface area contributed by atoms with Crippen LogP contribution in [-0.4, -0.2) is 41.3 Å². The van der Waals surface area contributed by atoms with Crippen LogP contribution in [0.2, 0.25) is 0 Å². The van der Waals surface area contributed by atoms with E-state index in [1.54, 1.807) is 24.3 Å². The first-order valence-electron chi connectivity index (χ1n) is 9.36. The quantitative estimate of drug-likeness (QED) is 0.711. The number of piperidine rings is 1. The molecule has 7 heteroatoms. The molecule has 0 unspecified atom stereocenters. The number of fused-ring (bicyclic) bond motifs is 1. The first-order valence-corrected chi connectivity index (χ1v) is 9.36. The molecule has 1 atom stereocenters. The van der Waals surface area contributed by atoms with Gasteiger partial charge in [0.05, 0.1) is 17.8 Å². The zero-order chi connectivity index (χ0) is 19.5. The van der Waals surface area contributed by atoms with E-state index in [0.717, 1.165) is 36.4 Å². The van der Waals surface area contributed by atoms with Crippen LogP contribution in [0.4, 0.5) is 5.69 Å². The zero-order valence-electron chi connectivity index (χ0n) is 15.4. The van der Waals surface area contributed by atoms with Crippen molar-refractivity contribution in [2.24, 2.45) is 5.73 Å². The lowest BCUT2D eigenvalue weighted by Gasteiger charge is -2.30. The summed E-state index contributed by atoms with van der Waals surface area (Å²) in [5.41, 5.74) is 7.76. The van der Waals surface area contributed by atoms with Crippen molar-refractivity contribution in [1.82, 2.24) is 9.88 Å². The van der Waals surface area contributed by atoms with Crippen LogP contribution in [0.1, 0.15) is 35.0 Å². The van der Waals surface area contributed by atoms with Crippen LogP contribution in [0.5, 0.6) is 0 Å². The number of primary amides is 1. The van der Waals surface area contributed by atoms with Gasteiger partial charge in [0.2, 0.25) is 5.91 Å². The average Bonchev–Trinajstić information content (AvgIpc) is 3.13. The number of hydrogen-bond donors (Lipinski definition) is 2. The molecule has 2 amide bonds. The van der Waals surface area contributed by atoms with Crippen molar-refractivity contribution in [3.8, 4) is 0 Å². The molecular weight excluding hydrogens is 356 g/mol. The summed E-state index contributed by atoms with van der Waals surface area (Å²) in [6.45, 7) is 1.78. The van der Waals surface area contributed by atoms with Crippen molar-refractivity contribution in [2.75, 3.05) is 25.0 Å². The van der Waals surface area contributed by atoms with Crippen molar-refractivity contribution in [2.45, 2.75) is 18.8 Å². The van der Waals surface area contributed by atoms with Gasteiger partial charge in [-0.1, -0.05) is 24.3 Å². The predicted octanol–water partition coefficient (Wildman–Crippen LogP) is 2.74. The van der Waals surface area contributed by atoms with Crippen molar-refractivity contribution >= 4 is 28.6 Å². The summed E-state index contributed by atoms with van der Waals surface area (Å²) in [5.74, 6) is 0.147. The molecule has 1 aromatic heterocycles. The fraction of sp³-hybridized carbons (Fsp3) is 0.286. The zero-order valence-corrected chi connectivity index (χ0v) is 15.4. The van der Waals surface area contributed by atoms with Gasteiger partial charge in [-0.25, -0.2) is 4.98 Å². The van der Waals surface area contributed by atoms with Gasteiger partial charge in [-0.2, -0.15) is 0 Å². The minimum atomic E-state index is -0.565. The third kappa shape index (κ3) is 3.89. The summed E-state index contributed by atoms with van der Waals surface area (Å²) in [7, 11) is 0. The number of carbonyl (C=O) groups excluding carboxylic acids is 2. The molecule has 144 valence electrons. The van der Waals surface area contributed by atoms with Crippen LogP contribution in [0.15, 0.2) is 52.9 Å². The van der Waals surface area contributed by atoms with E-state index in [9.17, 15) is 9.59 Å². The topological polar surface area (TPSA) is 101 Å². The largest absolute Gasteiger partial charge is 0.440 e. The molecule has 3 aromatic rings. The Labute approximate surface area is 162 Å². The van der Waals surface area contributed by atoms with E-state index in [1.807, 2.05) is 24.3 Å². The second-order valence-electron chi connectivity index (χ2n) is 7.05. The van der Waals surface area contributed by atoms with Crippen LogP contribution in [0.25, 0.3) is 11.1 Å². The lowest BCUT2D eigenvalue weighted by atomic mass is 9.98. The van der Waals surface area contributed by atoms with Gasteiger partial charge < -0.3 is 15.5 Å². The molecule has 7 nitrogen and oxygen atoms in total. The van der Waals surface area contributed by atoms with Gasteiger partial charge >= 0.3 is 0 Å². The highest BCUT2D eigenvalue weighted by molar-refractivity contribution is 6.03. The molecule has 1 fully saturated rings. The number of amides is 2. The minimum absolute atomic E-state index is 0.159. The summed E-state index contributed by atoms with van der Waals surface area (Å²) in [4.78, 5) is 30.7. The molecule has 0 radical (unpaired) electrons. The van der Waals surface area contributed by atoms with Crippen molar-refractivity contribution in [3.63, 3.8) is 0 Å². The molecule has 0 bridgehead atoms. The van der Waals surface area contributed by atoms with E-state index in [0.29, 0.717) is 17.8 Å². The molecule has 1 aliphatic rings. The Balaban J connectivity index is 1.41. The molecular formula is C21H22N4O3. The Morgan fingerprint density at radius 1 is 1.18 bits per heavy atom. The fourth-order valence-corrected chi connectivity index (χ4v) is 3.67. The first kappa shape index (κ1) is 18.2. The molecule has 1 aliphatic heterocycles. The average molecular weight is 378 g/mol. The predicted molar refractivity (Wildman–Crippen MR) is 106 cm³/mol. The minimum Gasteiger partial charge on any atom is -0.440 e. The number of benzene rings is 2. The first-order chi connectivity index (χ1) is 13.6. The standard InChI is InChI=1S/C21H22N4O3/c22-20(27)15-7-1-2-8-16(15)23-19(26)13-25-11-5-6-14(12-25)21-24-17-9-3-4-10-18(17)28-21/h1-4,7-10,14H,5-6,11-13H2,(H2,22,27)(H,23,26)/t14-/m0/s1. The van der Waals surface area contributed by atoms with E-state index in [1.165, 1.54) is 0 Å². The molecule has 0 aliphatic carbocycles. The van der Waals surface area contributed by atoms with Gasteiger partial charge in [-0.3, -0.25) is 14.5 Å². The van der Waals surface area contributed by atoms with Crippen molar-refractivity contribution in [3.05, 3.63) is 60.0 Å². The molecule has 2 heterocycles. The number of carbonyl (C=O) groups is 2. The number of nitrogens with one attached hydrogen (secondary N) is 1. The third-order valence-electron chi connectivity index (χ3n) is 5.00. The maximum atomic E-state index is 12.5. The second-order valence-corrected chi connectivity index (χ2v) is 7.05. The maximum absolute atomic E-state index is 12.5. The van der Waals surface area contributed by atoms with Crippen molar-refractivity contribution < 1.29 is 14.0 Å². The van der Waals surface area contributed by atoms with Gasteiger partial charge in [-0.05, 0) is 43.7 Å². The Bertz CT molecular complexity index is 981. The molecule has 4 rings (SSSR count). The number of para-hydroxylation sites is 3. The van der Waals surface area contributed by atoms with Gasteiger partial charge in [0.1, 0.15) is 5.52 Å². The number of nitrogens with zero attached hydrogens (tertiary/aromatic N) is 2. The fourth-order valence-electron chi connectivity index (χ4n) is 3.67. The normalized spacial score (nSPS) is 17.5. The highest BCUT2D eigenvalue weighted by atomic mass is 16.3. The number of rotatable bonds is 5. The monoisotopic (exact) mass is 378 g/mol. The highest BCUT2D eigenvalue weighted by Crippen LogP contribution is 2.29. The van der Waals surface area contributed by atoms with Crippen LogP contribution in [0.3, 0.4) is 0 Å². The van der Waals surface area contributed by atoms with E-state index >= 15 is 0 Å². The van der Waals surface area contributed by atoms with Crippen molar-refractivity contribution in [1.29, 1.82) is 0 Å². The van der Waals surface area contributed by atoms with E-state index in [2.05, 4.69) is 15.2 Å². The summed E-state index contributed by atoms with van der Waals surface area (Å²) in [5, 5.41) is 2.79. The van der Waals surface area contributed by atoms with Crippen LogP contribution < -0.4 is 11.1 Å². The Kier molecular flexibility index (Phi) is 5.08. The molecule has 0 spiro atoms. The van der Waals surface area contributed by atoms with E-state index < -0.39 is 5.91 Å². The summed E-state index contributed by atoms with van der Waals surface area (Å²) in [6, 6.07) is 14.5. The maximum Gasteiger partial charge on any atom is 0.250 e. The highest BCUT2D eigenvalue weighted by Gasteiger charge is 2.26. The van der Waals surface area contributed by atoms with E-state index in [-0.39, 0.29) is 18.4 Å². The summed E-state index contributed by atoms with van der Waals surface area (Å²) < 4.78 is 5.91. The molecule has 3 N–H and O–H groups in total. The summed E-state index contributed by atoms with van der Waals surface area (Å²) >= 11 is 0. The lowest BCUT2D eigenvalue weighted by Crippen LogP contribution is -2.40. The van der Waals surface area contributed by atoms with Gasteiger partial charge in [0.15, 0.2) is 11.5 Å².